The zero-order valence-corrected chi connectivity index (χ0v) is 14.4. The molecule has 1 aliphatic rings. The molecule has 23 heavy (non-hydrogen) atoms. The van der Waals surface area contributed by atoms with Gasteiger partial charge in [-0.1, -0.05) is 29.8 Å². The lowest BCUT2D eigenvalue weighted by Crippen LogP contribution is -2.39. The number of rotatable bonds is 4. The van der Waals surface area contributed by atoms with Crippen molar-refractivity contribution in [3.05, 3.63) is 59.1 Å². The van der Waals surface area contributed by atoms with Crippen LogP contribution in [0.4, 0.5) is 0 Å². The van der Waals surface area contributed by atoms with Gasteiger partial charge in [0.15, 0.2) is 6.10 Å². The van der Waals surface area contributed by atoms with Crippen LogP contribution in [0.25, 0.3) is 0 Å². The minimum absolute atomic E-state index is 0.0521. The minimum atomic E-state index is -0.557. The Balaban J connectivity index is 1.64. The first-order valence-electron chi connectivity index (χ1n) is 7.58. The average molecular weight is 348 g/mol. The molecule has 0 aliphatic carbocycles. The van der Waals surface area contributed by atoms with Gasteiger partial charge in [-0.25, -0.2) is 0 Å². The number of amides is 1. The number of hydrogen-bond acceptors (Lipinski definition) is 3. The molecule has 0 fully saturated rings. The van der Waals surface area contributed by atoms with Crippen molar-refractivity contribution in [3.8, 4) is 5.75 Å². The Hall–Kier alpha value is -1.65. The smallest absolute Gasteiger partial charge is 0.261 e. The molecule has 3 nitrogen and oxygen atoms in total. The summed E-state index contributed by atoms with van der Waals surface area (Å²) in [6.45, 7) is 1.76. The zero-order valence-electron chi connectivity index (χ0n) is 12.8. The lowest BCUT2D eigenvalue weighted by molar-refractivity contribution is -0.128. The highest BCUT2D eigenvalue weighted by Crippen LogP contribution is 2.35. The molecule has 1 N–H and O–H groups in total. The molecule has 2 unspecified atom stereocenters. The maximum Gasteiger partial charge on any atom is 0.261 e. The highest BCUT2D eigenvalue weighted by Gasteiger charge is 2.24. The Morgan fingerprint density at radius 2 is 2.00 bits per heavy atom. The number of thioether (sulfide) groups is 1. The number of carbonyl (C=O) groups is 1. The van der Waals surface area contributed by atoms with E-state index in [1.54, 1.807) is 31.2 Å². The van der Waals surface area contributed by atoms with Crippen LogP contribution >= 0.6 is 23.4 Å². The quantitative estimate of drug-likeness (QED) is 0.887. The third-order valence-electron chi connectivity index (χ3n) is 3.77. The first-order chi connectivity index (χ1) is 11.1. The average Bonchev–Trinajstić information content (AvgIpc) is 2.57. The van der Waals surface area contributed by atoms with Crippen molar-refractivity contribution in [1.29, 1.82) is 0 Å². The minimum Gasteiger partial charge on any atom is -0.481 e. The van der Waals surface area contributed by atoms with Gasteiger partial charge >= 0.3 is 0 Å². The molecule has 0 bridgehead atoms. The number of fused-ring (bicyclic) bond motifs is 1. The maximum absolute atomic E-state index is 12.4. The van der Waals surface area contributed by atoms with Crippen LogP contribution in [0.15, 0.2) is 53.4 Å². The van der Waals surface area contributed by atoms with E-state index < -0.39 is 6.10 Å². The third-order valence-corrected chi connectivity index (χ3v) is 5.15. The predicted octanol–water partition coefficient (Wildman–Crippen LogP) is 4.46. The fraction of sp³-hybridized carbons (Fsp3) is 0.278. The van der Waals surface area contributed by atoms with Crippen LogP contribution < -0.4 is 10.1 Å². The molecule has 3 rings (SSSR count). The van der Waals surface area contributed by atoms with Gasteiger partial charge in [0, 0.05) is 15.7 Å². The van der Waals surface area contributed by atoms with E-state index in [4.69, 9.17) is 16.3 Å². The second-order valence-electron chi connectivity index (χ2n) is 5.45. The summed E-state index contributed by atoms with van der Waals surface area (Å²) >= 11 is 7.69. The van der Waals surface area contributed by atoms with Gasteiger partial charge in [-0.3, -0.25) is 4.79 Å². The largest absolute Gasteiger partial charge is 0.481 e. The lowest BCUT2D eigenvalue weighted by Gasteiger charge is -2.27. The fourth-order valence-electron chi connectivity index (χ4n) is 2.55. The number of hydrogen-bond donors (Lipinski definition) is 1. The molecule has 0 radical (unpaired) electrons. The van der Waals surface area contributed by atoms with Crippen molar-refractivity contribution in [2.24, 2.45) is 0 Å². The summed E-state index contributed by atoms with van der Waals surface area (Å²) in [5, 5.41) is 3.75. The van der Waals surface area contributed by atoms with Crippen LogP contribution in [0.3, 0.4) is 0 Å². The van der Waals surface area contributed by atoms with E-state index >= 15 is 0 Å². The first kappa shape index (κ1) is 16.2. The van der Waals surface area contributed by atoms with Gasteiger partial charge in [-0.05, 0) is 49.2 Å². The summed E-state index contributed by atoms with van der Waals surface area (Å²) < 4.78 is 5.68. The van der Waals surface area contributed by atoms with Crippen molar-refractivity contribution in [2.75, 3.05) is 5.75 Å². The number of halogens is 1. The van der Waals surface area contributed by atoms with Gasteiger partial charge in [0.05, 0.1) is 6.04 Å². The van der Waals surface area contributed by atoms with Crippen LogP contribution in [0.2, 0.25) is 5.02 Å². The molecule has 120 valence electrons. The third kappa shape index (κ3) is 4.01. The standard InChI is InChI=1S/C18H18ClNO2S/c1-12(22-14-8-6-13(19)7-9-14)18(21)20-16-10-11-23-17-5-3-2-4-15(16)17/h2-9,12,16H,10-11H2,1H3,(H,20,21). The molecule has 2 atom stereocenters. The second kappa shape index (κ2) is 7.28. The molecule has 5 heteroatoms. The molecule has 0 aromatic heterocycles. The van der Waals surface area contributed by atoms with Crippen LogP contribution in [-0.4, -0.2) is 17.8 Å². The summed E-state index contributed by atoms with van der Waals surface area (Å²) in [5.74, 6) is 1.54. The van der Waals surface area contributed by atoms with Crippen molar-refractivity contribution in [1.82, 2.24) is 5.32 Å². The molecule has 1 heterocycles. The van der Waals surface area contributed by atoms with Gasteiger partial charge in [0.25, 0.3) is 5.91 Å². The van der Waals surface area contributed by atoms with E-state index in [-0.39, 0.29) is 11.9 Å². The molecule has 2 aromatic carbocycles. The molecular weight excluding hydrogens is 330 g/mol. The van der Waals surface area contributed by atoms with E-state index in [2.05, 4.69) is 17.4 Å². The SMILES string of the molecule is CC(Oc1ccc(Cl)cc1)C(=O)NC1CCSc2ccccc21. The van der Waals surface area contributed by atoms with E-state index in [1.165, 1.54) is 10.5 Å². The van der Waals surface area contributed by atoms with Crippen LogP contribution in [0.5, 0.6) is 5.75 Å². The molecular formula is C18H18ClNO2S. The number of benzene rings is 2. The van der Waals surface area contributed by atoms with Gasteiger partial charge < -0.3 is 10.1 Å². The molecule has 0 saturated carbocycles. The summed E-state index contributed by atoms with van der Waals surface area (Å²) in [7, 11) is 0. The first-order valence-corrected chi connectivity index (χ1v) is 8.94. The van der Waals surface area contributed by atoms with Crippen molar-refractivity contribution in [3.63, 3.8) is 0 Å². The van der Waals surface area contributed by atoms with E-state index in [1.807, 2.05) is 23.9 Å². The highest BCUT2D eigenvalue weighted by molar-refractivity contribution is 7.99. The maximum atomic E-state index is 12.4. The van der Waals surface area contributed by atoms with E-state index in [0.717, 1.165) is 12.2 Å². The van der Waals surface area contributed by atoms with Gasteiger partial charge in [0.1, 0.15) is 5.75 Å². The summed E-state index contributed by atoms with van der Waals surface area (Å²) in [6.07, 6.45) is 0.374. The summed E-state index contributed by atoms with van der Waals surface area (Å²) in [6, 6.07) is 15.3. The molecule has 1 amide bonds. The topological polar surface area (TPSA) is 38.3 Å². The molecule has 2 aromatic rings. The van der Waals surface area contributed by atoms with Gasteiger partial charge in [-0.2, -0.15) is 0 Å². The highest BCUT2D eigenvalue weighted by atomic mass is 35.5. The Morgan fingerprint density at radius 3 is 2.78 bits per heavy atom. The molecule has 1 aliphatic heterocycles. The monoisotopic (exact) mass is 347 g/mol. The van der Waals surface area contributed by atoms with Gasteiger partial charge in [0.2, 0.25) is 0 Å². The Labute approximate surface area is 145 Å². The summed E-state index contributed by atoms with van der Waals surface area (Å²) in [4.78, 5) is 13.7. The Kier molecular flexibility index (Phi) is 5.13. The lowest BCUT2D eigenvalue weighted by atomic mass is 10.0. The van der Waals surface area contributed by atoms with Crippen molar-refractivity contribution >= 4 is 29.3 Å². The number of carbonyl (C=O) groups excluding carboxylic acids is 1. The Bertz CT molecular complexity index is 690. The molecule has 0 spiro atoms. The fourth-order valence-corrected chi connectivity index (χ4v) is 3.80. The predicted molar refractivity (Wildman–Crippen MR) is 94.2 cm³/mol. The van der Waals surface area contributed by atoms with E-state index in [0.29, 0.717) is 10.8 Å². The van der Waals surface area contributed by atoms with Crippen LogP contribution in [0.1, 0.15) is 24.9 Å². The molecule has 0 saturated heterocycles. The Morgan fingerprint density at radius 1 is 1.26 bits per heavy atom. The zero-order chi connectivity index (χ0) is 16.2. The van der Waals surface area contributed by atoms with Crippen molar-refractivity contribution in [2.45, 2.75) is 30.4 Å². The normalized spacial score (nSPS) is 17.9. The number of nitrogens with one attached hydrogen (secondary N) is 1. The van der Waals surface area contributed by atoms with Crippen molar-refractivity contribution < 1.29 is 9.53 Å². The van der Waals surface area contributed by atoms with Crippen LogP contribution in [0, 0.1) is 0 Å². The summed E-state index contributed by atoms with van der Waals surface area (Å²) in [5.41, 5.74) is 1.19. The van der Waals surface area contributed by atoms with Gasteiger partial charge in [-0.15, -0.1) is 11.8 Å². The number of ether oxygens (including phenoxy) is 1. The van der Waals surface area contributed by atoms with Crippen LogP contribution in [-0.2, 0) is 4.79 Å². The van der Waals surface area contributed by atoms with E-state index in [9.17, 15) is 4.79 Å². The second-order valence-corrected chi connectivity index (χ2v) is 7.02.